The molecule has 98 valence electrons. The highest BCUT2D eigenvalue weighted by atomic mass is 15.2. The van der Waals surface area contributed by atoms with Crippen molar-refractivity contribution in [2.45, 2.75) is 87.0 Å². The smallest absolute Gasteiger partial charge is 0.234 e. The van der Waals surface area contributed by atoms with E-state index in [0.29, 0.717) is 24.2 Å². The fourth-order valence-corrected chi connectivity index (χ4v) is 1.88. The van der Waals surface area contributed by atoms with Gasteiger partial charge in [-0.25, -0.2) is 0 Å². The van der Waals surface area contributed by atoms with Crippen molar-refractivity contribution in [3.8, 4) is 0 Å². The molecule has 0 saturated heterocycles. The van der Waals surface area contributed by atoms with E-state index in [4.69, 9.17) is 0 Å². The molecule has 0 rings (SSSR count). The van der Waals surface area contributed by atoms with Crippen LogP contribution in [-0.2, 0) is 0 Å². The molecule has 0 aliphatic heterocycles. The molecule has 0 fully saturated rings. The van der Waals surface area contributed by atoms with E-state index in [-0.39, 0.29) is 7.43 Å². The maximum atomic E-state index is 2.42. The van der Waals surface area contributed by atoms with Crippen LogP contribution < -0.4 is 0 Å². The van der Waals surface area contributed by atoms with Gasteiger partial charge >= 0.3 is 0 Å². The highest BCUT2D eigenvalue weighted by Gasteiger charge is 2.19. The predicted molar refractivity (Wildman–Crippen MR) is 75.4 cm³/mol. The fourth-order valence-electron chi connectivity index (χ4n) is 1.88. The highest BCUT2D eigenvalue weighted by Crippen LogP contribution is 2.04. The zero-order valence-electron chi connectivity index (χ0n) is 11.8. The Balaban J connectivity index is 0. The van der Waals surface area contributed by atoms with Gasteiger partial charge < -0.3 is 0 Å². The molecule has 0 N–H and O–H groups in total. The van der Waals surface area contributed by atoms with Crippen LogP contribution in [0.3, 0.4) is 0 Å². The summed E-state index contributed by atoms with van der Waals surface area (Å²) in [5, 5.41) is 0. The van der Waals surface area contributed by atoms with E-state index in [1.165, 1.54) is 0 Å². The molecular weight excluding hydrogens is 196 g/mol. The minimum absolute atomic E-state index is 0. The first-order valence-electron chi connectivity index (χ1n) is 6.17. The molecule has 2 heteroatoms. The second-order valence-electron chi connectivity index (χ2n) is 5.38. The molecule has 0 aliphatic carbocycles. The lowest BCUT2D eigenvalue weighted by Gasteiger charge is -2.25. The van der Waals surface area contributed by atoms with Gasteiger partial charge in [0.25, 0.3) is 0 Å². The number of hydrogen-bond donors (Lipinski definition) is 0. The van der Waals surface area contributed by atoms with Gasteiger partial charge in [-0.2, -0.15) is 0 Å². The van der Waals surface area contributed by atoms with Crippen molar-refractivity contribution in [1.29, 1.82) is 0 Å². The lowest BCUT2D eigenvalue weighted by molar-refractivity contribution is -0.587. The Morgan fingerprint density at radius 3 is 1.25 bits per heavy atom. The molecule has 2 nitrogen and oxygen atoms in total. The van der Waals surface area contributed by atoms with Crippen molar-refractivity contribution in [2.75, 3.05) is 0 Å². The third-order valence-corrected chi connectivity index (χ3v) is 2.65. The first kappa shape index (κ1) is 17.9. The standard InChI is InChI=1S/C13H29N2.CH4/c1-10(2)14(11(3)4)9-15(12(5)6)13(7)8;/h9-13H,1-8H3;1H4/q+1;. The Morgan fingerprint density at radius 2 is 1.06 bits per heavy atom. The molecule has 0 bridgehead atoms. The average molecular weight is 229 g/mol. The Hall–Kier alpha value is -0.530. The van der Waals surface area contributed by atoms with Crippen molar-refractivity contribution < 1.29 is 4.58 Å². The van der Waals surface area contributed by atoms with Gasteiger partial charge in [0.05, 0.1) is 24.2 Å². The van der Waals surface area contributed by atoms with Gasteiger partial charge in [0.15, 0.2) is 0 Å². The lowest BCUT2D eigenvalue weighted by atomic mass is 10.2. The van der Waals surface area contributed by atoms with Crippen LogP contribution in [0, 0.1) is 0 Å². The summed E-state index contributed by atoms with van der Waals surface area (Å²) in [6.45, 7) is 18.0. The van der Waals surface area contributed by atoms with Gasteiger partial charge in [0.2, 0.25) is 6.34 Å². The van der Waals surface area contributed by atoms with E-state index in [1.807, 2.05) is 0 Å². The molecule has 0 aromatic rings. The molecule has 0 aromatic carbocycles. The van der Waals surface area contributed by atoms with Crippen molar-refractivity contribution in [1.82, 2.24) is 4.90 Å². The normalized spacial score (nSPS) is 11.0. The summed E-state index contributed by atoms with van der Waals surface area (Å²) in [7, 11) is 0. The Kier molecular flexibility index (Phi) is 8.59. The van der Waals surface area contributed by atoms with Gasteiger partial charge in [0.1, 0.15) is 0 Å². The maximum Gasteiger partial charge on any atom is 0.234 e. The van der Waals surface area contributed by atoms with Gasteiger partial charge in [-0.1, -0.05) is 7.43 Å². The molecular formula is C14H33N2+. The molecule has 16 heavy (non-hydrogen) atoms. The van der Waals surface area contributed by atoms with Crippen LogP contribution in [0.5, 0.6) is 0 Å². The number of hydrogen-bond acceptors (Lipinski definition) is 0. The molecule has 0 atom stereocenters. The van der Waals surface area contributed by atoms with Crippen LogP contribution in [0.15, 0.2) is 0 Å². The van der Waals surface area contributed by atoms with E-state index < -0.39 is 0 Å². The van der Waals surface area contributed by atoms with Crippen LogP contribution in [0.4, 0.5) is 0 Å². The SMILES string of the molecule is C.CC(C)N(C=[N+](C(C)C)C(C)C)C(C)C. The van der Waals surface area contributed by atoms with Crippen LogP contribution in [0.1, 0.15) is 62.8 Å². The van der Waals surface area contributed by atoms with Gasteiger partial charge in [-0.05, 0) is 55.4 Å². The van der Waals surface area contributed by atoms with E-state index in [1.54, 1.807) is 0 Å². The summed E-state index contributed by atoms with van der Waals surface area (Å²) < 4.78 is 2.42. The third kappa shape index (κ3) is 5.53. The van der Waals surface area contributed by atoms with Crippen LogP contribution in [0.25, 0.3) is 0 Å². The second kappa shape index (κ2) is 7.70. The quantitative estimate of drug-likeness (QED) is 0.397. The monoisotopic (exact) mass is 229 g/mol. The van der Waals surface area contributed by atoms with E-state index in [9.17, 15) is 0 Å². The number of rotatable bonds is 5. The molecule has 0 amide bonds. The third-order valence-electron chi connectivity index (χ3n) is 2.65. The molecule has 0 radical (unpaired) electrons. The minimum Gasteiger partial charge on any atom is -0.264 e. The fraction of sp³-hybridized carbons (Fsp3) is 0.929. The second-order valence-corrected chi connectivity index (χ2v) is 5.38. The van der Waals surface area contributed by atoms with Gasteiger partial charge in [-0.3, -0.25) is 9.48 Å². The Labute approximate surface area is 103 Å². The lowest BCUT2D eigenvalue weighted by Crippen LogP contribution is -2.42. The summed E-state index contributed by atoms with van der Waals surface area (Å²) in [6.07, 6.45) is 2.30. The minimum atomic E-state index is 0. The van der Waals surface area contributed by atoms with Crippen LogP contribution >= 0.6 is 0 Å². The molecule has 0 spiro atoms. The van der Waals surface area contributed by atoms with E-state index >= 15 is 0 Å². The zero-order valence-corrected chi connectivity index (χ0v) is 11.8. The molecule has 0 heterocycles. The summed E-state index contributed by atoms with van der Waals surface area (Å²) in [4.78, 5) is 2.42. The molecule has 0 saturated carbocycles. The maximum absolute atomic E-state index is 2.42. The van der Waals surface area contributed by atoms with Crippen LogP contribution in [0.2, 0.25) is 0 Å². The molecule has 0 aliphatic rings. The Morgan fingerprint density at radius 1 is 0.750 bits per heavy atom. The largest absolute Gasteiger partial charge is 0.264 e. The van der Waals surface area contributed by atoms with Gasteiger partial charge in [-0.15, -0.1) is 0 Å². The number of nitrogens with zero attached hydrogens (tertiary/aromatic N) is 2. The topological polar surface area (TPSA) is 6.25 Å². The van der Waals surface area contributed by atoms with E-state index in [0.717, 1.165) is 0 Å². The van der Waals surface area contributed by atoms with E-state index in [2.05, 4.69) is 71.2 Å². The zero-order chi connectivity index (χ0) is 12.2. The van der Waals surface area contributed by atoms with Crippen molar-refractivity contribution in [2.24, 2.45) is 0 Å². The summed E-state index contributed by atoms with van der Waals surface area (Å²) in [5.74, 6) is 0. The summed E-state index contributed by atoms with van der Waals surface area (Å²) >= 11 is 0. The van der Waals surface area contributed by atoms with Crippen molar-refractivity contribution in [3.05, 3.63) is 0 Å². The van der Waals surface area contributed by atoms with Crippen molar-refractivity contribution in [3.63, 3.8) is 0 Å². The average Bonchev–Trinajstić information content (AvgIpc) is 2.01. The summed E-state index contributed by atoms with van der Waals surface area (Å²) in [5.41, 5.74) is 0. The Bertz CT molecular complexity index is 185. The van der Waals surface area contributed by atoms with Gasteiger partial charge in [0, 0.05) is 0 Å². The molecule has 0 unspecified atom stereocenters. The first-order chi connectivity index (χ1) is 6.77. The predicted octanol–water partition coefficient (Wildman–Crippen LogP) is 3.60. The van der Waals surface area contributed by atoms with Crippen LogP contribution in [-0.4, -0.2) is 40.0 Å². The molecule has 0 aromatic heterocycles. The van der Waals surface area contributed by atoms with Crippen molar-refractivity contribution >= 4 is 6.34 Å². The highest BCUT2D eigenvalue weighted by molar-refractivity contribution is 5.50. The first-order valence-corrected chi connectivity index (χ1v) is 6.17. The summed E-state index contributed by atoms with van der Waals surface area (Å²) in [6, 6.07) is 2.24.